The van der Waals surface area contributed by atoms with Gasteiger partial charge in [0.05, 0.1) is 0 Å². The standard InChI is InChI=1S/C4H3ClN2O2S/c5-2-1(3(8)9)7-4(6)10-2/h(H2,6,7)(H,8,9). The Balaban J connectivity index is 3.15. The molecule has 0 aliphatic rings. The van der Waals surface area contributed by atoms with Gasteiger partial charge in [0, 0.05) is 0 Å². The lowest BCUT2D eigenvalue weighted by Gasteiger charge is -1.82. The highest BCUT2D eigenvalue weighted by molar-refractivity contribution is 7.19. The molecule has 0 radical (unpaired) electrons. The highest BCUT2D eigenvalue weighted by atomic mass is 35.5. The number of anilines is 1. The van der Waals surface area contributed by atoms with Crippen molar-refractivity contribution in [2.45, 2.75) is 0 Å². The third-order valence-corrected chi connectivity index (χ3v) is 1.89. The van der Waals surface area contributed by atoms with E-state index in [4.69, 9.17) is 22.4 Å². The molecule has 54 valence electrons. The number of nitrogens with zero attached hydrogens (tertiary/aromatic N) is 1. The van der Waals surface area contributed by atoms with E-state index < -0.39 is 5.97 Å². The molecule has 0 unspecified atom stereocenters. The highest BCUT2D eigenvalue weighted by Crippen LogP contribution is 2.25. The van der Waals surface area contributed by atoms with E-state index in [2.05, 4.69) is 4.98 Å². The predicted molar refractivity (Wildman–Crippen MR) is 38.5 cm³/mol. The molecule has 1 aromatic rings. The molecule has 0 bridgehead atoms. The average Bonchev–Trinajstić information content (AvgIpc) is 2.10. The fraction of sp³-hybridized carbons (Fsp3) is 0. The number of nitrogen functional groups attached to an aromatic ring is 1. The summed E-state index contributed by atoms with van der Waals surface area (Å²) in [5, 5.41) is 8.55. The molecule has 0 amide bonds. The minimum Gasteiger partial charge on any atom is -0.476 e. The fourth-order valence-electron chi connectivity index (χ4n) is 0.449. The van der Waals surface area contributed by atoms with Crippen molar-refractivity contribution in [2.75, 3.05) is 5.73 Å². The molecule has 0 aromatic carbocycles. The number of carbonyl (C=O) groups is 1. The lowest BCUT2D eigenvalue weighted by atomic mass is 10.5. The average molecular weight is 179 g/mol. The summed E-state index contributed by atoms with van der Waals surface area (Å²) in [5.74, 6) is -1.15. The van der Waals surface area contributed by atoms with Crippen molar-refractivity contribution < 1.29 is 9.90 Å². The Bertz CT molecular complexity index is 272. The van der Waals surface area contributed by atoms with E-state index in [1.54, 1.807) is 0 Å². The summed E-state index contributed by atoms with van der Waals surface area (Å²) in [4.78, 5) is 13.7. The van der Waals surface area contributed by atoms with Crippen LogP contribution in [0.15, 0.2) is 0 Å². The summed E-state index contributed by atoms with van der Waals surface area (Å²) < 4.78 is 0.116. The van der Waals surface area contributed by atoms with Crippen molar-refractivity contribution in [1.82, 2.24) is 4.98 Å². The number of thiazole rings is 1. The number of carboxylic acids is 1. The molecular weight excluding hydrogens is 176 g/mol. The van der Waals surface area contributed by atoms with Crippen LogP contribution in [0.4, 0.5) is 5.13 Å². The zero-order valence-electron chi connectivity index (χ0n) is 4.67. The van der Waals surface area contributed by atoms with E-state index in [0.29, 0.717) is 0 Å². The molecule has 10 heavy (non-hydrogen) atoms. The van der Waals surface area contributed by atoms with Crippen LogP contribution in [0.3, 0.4) is 0 Å². The van der Waals surface area contributed by atoms with E-state index in [1.165, 1.54) is 0 Å². The van der Waals surface area contributed by atoms with Crippen LogP contribution in [0.25, 0.3) is 0 Å². The van der Waals surface area contributed by atoms with Gasteiger partial charge in [0.15, 0.2) is 10.8 Å². The van der Waals surface area contributed by atoms with Gasteiger partial charge in [-0.3, -0.25) is 0 Å². The largest absolute Gasteiger partial charge is 0.476 e. The molecule has 6 heteroatoms. The molecule has 3 N–H and O–H groups in total. The highest BCUT2D eigenvalue weighted by Gasteiger charge is 2.13. The van der Waals surface area contributed by atoms with Gasteiger partial charge in [-0.15, -0.1) is 0 Å². The van der Waals surface area contributed by atoms with Crippen molar-refractivity contribution in [3.05, 3.63) is 10.0 Å². The molecule has 0 saturated carbocycles. The van der Waals surface area contributed by atoms with Crippen molar-refractivity contribution in [2.24, 2.45) is 0 Å². The Morgan fingerprint density at radius 1 is 1.80 bits per heavy atom. The second kappa shape index (κ2) is 2.43. The second-order valence-electron chi connectivity index (χ2n) is 1.48. The normalized spacial score (nSPS) is 9.70. The minimum atomic E-state index is -1.15. The van der Waals surface area contributed by atoms with E-state index in [1.807, 2.05) is 0 Å². The summed E-state index contributed by atoms with van der Waals surface area (Å²) in [6.07, 6.45) is 0. The lowest BCUT2D eigenvalue weighted by molar-refractivity contribution is 0.0691. The van der Waals surface area contributed by atoms with Crippen LogP contribution in [0.2, 0.25) is 4.34 Å². The van der Waals surface area contributed by atoms with Crippen molar-refractivity contribution in [3.8, 4) is 0 Å². The van der Waals surface area contributed by atoms with E-state index >= 15 is 0 Å². The first-order valence-corrected chi connectivity index (χ1v) is 3.46. The molecule has 1 aromatic heterocycles. The van der Waals surface area contributed by atoms with Crippen LogP contribution >= 0.6 is 22.9 Å². The summed E-state index contributed by atoms with van der Waals surface area (Å²) in [6.45, 7) is 0. The zero-order valence-corrected chi connectivity index (χ0v) is 6.24. The Morgan fingerprint density at radius 3 is 2.60 bits per heavy atom. The van der Waals surface area contributed by atoms with E-state index in [-0.39, 0.29) is 15.2 Å². The second-order valence-corrected chi connectivity index (χ2v) is 3.11. The molecule has 1 rings (SSSR count). The van der Waals surface area contributed by atoms with Crippen LogP contribution < -0.4 is 5.73 Å². The Morgan fingerprint density at radius 2 is 2.40 bits per heavy atom. The number of rotatable bonds is 1. The van der Waals surface area contributed by atoms with Crippen LogP contribution in [0, 0.1) is 0 Å². The molecule has 0 fully saturated rings. The van der Waals surface area contributed by atoms with Gasteiger partial charge in [-0.05, 0) is 0 Å². The predicted octanol–water partition coefficient (Wildman–Crippen LogP) is 1.08. The first-order chi connectivity index (χ1) is 4.61. The molecular formula is C4H3ClN2O2S. The zero-order chi connectivity index (χ0) is 7.72. The molecule has 1 heterocycles. The van der Waals surface area contributed by atoms with Gasteiger partial charge in [-0.25, -0.2) is 9.78 Å². The number of aromatic nitrogens is 1. The number of halogens is 1. The monoisotopic (exact) mass is 178 g/mol. The van der Waals surface area contributed by atoms with Gasteiger partial charge in [0.1, 0.15) is 4.34 Å². The van der Waals surface area contributed by atoms with Crippen LogP contribution in [-0.4, -0.2) is 16.1 Å². The van der Waals surface area contributed by atoms with Crippen molar-refractivity contribution in [1.29, 1.82) is 0 Å². The van der Waals surface area contributed by atoms with E-state index in [9.17, 15) is 4.79 Å². The number of carboxylic acid groups (broad SMARTS) is 1. The Labute approximate surface area is 65.3 Å². The SMILES string of the molecule is Nc1nc(C(=O)O)c(Cl)s1. The summed E-state index contributed by atoms with van der Waals surface area (Å²) in [5.41, 5.74) is 5.00. The summed E-state index contributed by atoms with van der Waals surface area (Å²) in [6, 6.07) is 0. The fourth-order valence-corrected chi connectivity index (χ4v) is 1.36. The molecule has 0 aliphatic carbocycles. The first-order valence-electron chi connectivity index (χ1n) is 2.26. The Kier molecular flexibility index (Phi) is 1.78. The number of hydrogen-bond acceptors (Lipinski definition) is 4. The molecule has 0 aliphatic heterocycles. The first kappa shape index (κ1) is 7.30. The quantitative estimate of drug-likeness (QED) is 0.675. The molecule has 4 nitrogen and oxygen atoms in total. The summed E-state index contributed by atoms with van der Waals surface area (Å²) >= 11 is 6.38. The number of aromatic carboxylic acids is 1. The van der Waals surface area contributed by atoms with Crippen molar-refractivity contribution >= 4 is 34.0 Å². The van der Waals surface area contributed by atoms with Crippen LogP contribution in [0.5, 0.6) is 0 Å². The summed E-state index contributed by atoms with van der Waals surface area (Å²) in [7, 11) is 0. The van der Waals surface area contributed by atoms with E-state index in [0.717, 1.165) is 11.3 Å². The minimum absolute atomic E-state index is 0.116. The number of hydrogen-bond donors (Lipinski definition) is 2. The lowest BCUT2D eigenvalue weighted by Crippen LogP contribution is -1.97. The third-order valence-electron chi connectivity index (χ3n) is 0.805. The molecule has 0 atom stereocenters. The third kappa shape index (κ3) is 1.19. The van der Waals surface area contributed by atoms with Gasteiger partial charge in [0.2, 0.25) is 0 Å². The van der Waals surface area contributed by atoms with Crippen LogP contribution in [-0.2, 0) is 0 Å². The van der Waals surface area contributed by atoms with Gasteiger partial charge in [-0.2, -0.15) is 0 Å². The topological polar surface area (TPSA) is 76.2 Å². The van der Waals surface area contributed by atoms with Gasteiger partial charge < -0.3 is 10.8 Å². The van der Waals surface area contributed by atoms with Gasteiger partial charge >= 0.3 is 5.97 Å². The number of nitrogens with two attached hydrogens (primary N) is 1. The molecule has 0 saturated heterocycles. The van der Waals surface area contributed by atoms with Gasteiger partial charge in [-0.1, -0.05) is 22.9 Å². The van der Waals surface area contributed by atoms with Gasteiger partial charge in [0.25, 0.3) is 0 Å². The maximum atomic E-state index is 10.2. The molecule has 0 spiro atoms. The van der Waals surface area contributed by atoms with Crippen LogP contribution in [0.1, 0.15) is 10.5 Å². The maximum absolute atomic E-state index is 10.2. The maximum Gasteiger partial charge on any atom is 0.357 e. The Hall–Kier alpha value is -0.810. The smallest absolute Gasteiger partial charge is 0.357 e. The van der Waals surface area contributed by atoms with Crippen molar-refractivity contribution in [3.63, 3.8) is 0 Å².